The van der Waals surface area contributed by atoms with Gasteiger partial charge in [-0.3, -0.25) is 9.69 Å². The summed E-state index contributed by atoms with van der Waals surface area (Å²) in [6.45, 7) is 3.17. The van der Waals surface area contributed by atoms with Gasteiger partial charge in [-0.25, -0.2) is 0 Å². The molecule has 6 nitrogen and oxygen atoms in total. The van der Waals surface area contributed by atoms with Crippen LogP contribution in [-0.2, 0) is 11.3 Å². The smallest absolute Gasteiger partial charge is 0.231 e. The topological polar surface area (TPSA) is 79.2 Å². The third-order valence-electron chi connectivity index (χ3n) is 5.98. The van der Waals surface area contributed by atoms with Gasteiger partial charge in [0, 0.05) is 31.5 Å². The van der Waals surface area contributed by atoms with E-state index in [1.54, 1.807) is 6.08 Å². The maximum absolute atomic E-state index is 11.9. The van der Waals surface area contributed by atoms with Gasteiger partial charge in [-0.05, 0) is 35.8 Å². The molecule has 1 aliphatic carbocycles. The highest BCUT2D eigenvalue weighted by molar-refractivity contribution is 5.86. The minimum atomic E-state index is -1.69. The molecule has 2 bridgehead atoms. The zero-order chi connectivity index (χ0) is 16.6. The van der Waals surface area contributed by atoms with E-state index in [1.807, 2.05) is 12.1 Å². The van der Waals surface area contributed by atoms with Crippen molar-refractivity contribution in [1.29, 1.82) is 0 Å². The molecule has 1 fully saturated rings. The normalized spacial score (nSPS) is 38.4. The van der Waals surface area contributed by atoms with Gasteiger partial charge >= 0.3 is 0 Å². The molecule has 3 aliphatic heterocycles. The predicted octanol–water partition coefficient (Wildman–Crippen LogP) is 0.708. The second-order valence-electron chi connectivity index (χ2n) is 7.20. The summed E-state index contributed by atoms with van der Waals surface area (Å²) >= 11 is 0. The van der Waals surface area contributed by atoms with Crippen molar-refractivity contribution in [2.45, 2.75) is 43.6 Å². The molecule has 1 unspecified atom stereocenters. The van der Waals surface area contributed by atoms with E-state index >= 15 is 0 Å². The van der Waals surface area contributed by atoms with Crippen LogP contribution in [0.15, 0.2) is 23.8 Å². The fourth-order valence-electron chi connectivity index (χ4n) is 4.60. The number of aliphatic hydroxyl groups is 2. The van der Waals surface area contributed by atoms with Crippen LogP contribution in [0.1, 0.15) is 30.4 Å². The van der Waals surface area contributed by atoms with Crippen molar-refractivity contribution in [3.8, 4) is 11.5 Å². The van der Waals surface area contributed by atoms with Gasteiger partial charge in [0.2, 0.25) is 6.79 Å². The Morgan fingerprint density at radius 3 is 2.83 bits per heavy atom. The average molecular weight is 329 g/mol. The van der Waals surface area contributed by atoms with Gasteiger partial charge in [-0.15, -0.1) is 0 Å². The summed E-state index contributed by atoms with van der Waals surface area (Å²) in [7, 11) is 0. The molecule has 0 aromatic heterocycles. The van der Waals surface area contributed by atoms with Crippen molar-refractivity contribution in [3.05, 3.63) is 34.9 Å². The van der Waals surface area contributed by atoms with E-state index in [1.165, 1.54) is 18.1 Å². The number of rotatable bonds is 1. The number of hydrogen-bond acceptors (Lipinski definition) is 6. The standard InChI is InChI=1S/C18H19NO5/c1-9(20)18(22)5-14-12(4-17(18)21)13-7-19(14)6-10-2-15-16(3-11(10)13)24-8-23-15/h2-4,13-14,17,21-22H,5-8H2,1H3/t13-,14-,17-,18+/m0/s1. The Hall–Kier alpha value is -1.89. The fraction of sp³-hybridized carbons (Fsp3) is 0.500. The Kier molecular flexibility index (Phi) is 2.77. The third-order valence-corrected chi connectivity index (χ3v) is 5.98. The summed E-state index contributed by atoms with van der Waals surface area (Å²) < 4.78 is 11.0. The second-order valence-corrected chi connectivity index (χ2v) is 7.20. The highest BCUT2D eigenvalue weighted by atomic mass is 16.7. The molecule has 6 heteroatoms. The van der Waals surface area contributed by atoms with Crippen LogP contribution in [0.2, 0.25) is 0 Å². The molecule has 1 aromatic rings. The lowest BCUT2D eigenvalue weighted by molar-refractivity contribution is -0.148. The van der Waals surface area contributed by atoms with Crippen LogP contribution in [-0.4, -0.2) is 52.0 Å². The molecule has 2 N–H and O–H groups in total. The van der Waals surface area contributed by atoms with Crippen molar-refractivity contribution < 1.29 is 24.5 Å². The van der Waals surface area contributed by atoms with E-state index < -0.39 is 11.7 Å². The molecule has 3 heterocycles. The highest BCUT2D eigenvalue weighted by Crippen LogP contribution is 2.51. The first-order valence-corrected chi connectivity index (χ1v) is 8.27. The number of carbonyl (C=O) groups is 1. The first-order valence-electron chi connectivity index (χ1n) is 8.27. The van der Waals surface area contributed by atoms with Crippen LogP contribution in [0.5, 0.6) is 11.5 Å². The minimum absolute atomic E-state index is 0.0172. The molecule has 1 aromatic carbocycles. The van der Waals surface area contributed by atoms with Crippen LogP contribution >= 0.6 is 0 Å². The molecule has 0 amide bonds. The van der Waals surface area contributed by atoms with Crippen molar-refractivity contribution in [2.24, 2.45) is 0 Å². The molecule has 0 radical (unpaired) electrons. The maximum atomic E-state index is 11.9. The van der Waals surface area contributed by atoms with Crippen molar-refractivity contribution in [1.82, 2.24) is 4.90 Å². The summed E-state index contributed by atoms with van der Waals surface area (Å²) in [4.78, 5) is 14.2. The first kappa shape index (κ1) is 14.5. The largest absolute Gasteiger partial charge is 0.454 e. The quantitative estimate of drug-likeness (QED) is 0.739. The number of Topliss-reactive ketones (excluding diaryl/α,β-unsaturated/α-hetero) is 1. The lowest BCUT2D eigenvalue weighted by Gasteiger charge is -2.38. The van der Waals surface area contributed by atoms with E-state index in [4.69, 9.17) is 9.47 Å². The second kappa shape index (κ2) is 4.59. The number of benzene rings is 1. The predicted molar refractivity (Wildman–Crippen MR) is 83.8 cm³/mol. The van der Waals surface area contributed by atoms with E-state index in [9.17, 15) is 15.0 Å². The molecule has 0 saturated carbocycles. The minimum Gasteiger partial charge on any atom is -0.454 e. The lowest BCUT2D eigenvalue weighted by atomic mass is 9.75. The molecule has 5 rings (SSSR count). The van der Waals surface area contributed by atoms with Crippen molar-refractivity contribution in [3.63, 3.8) is 0 Å². The van der Waals surface area contributed by atoms with Crippen LogP contribution in [0, 0.1) is 0 Å². The summed E-state index contributed by atoms with van der Waals surface area (Å²) in [5.41, 5.74) is 1.80. The molecular formula is C18H19NO5. The molecule has 24 heavy (non-hydrogen) atoms. The summed E-state index contributed by atoms with van der Waals surface area (Å²) in [6, 6.07) is 4.06. The van der Waals surface area contributed by atoms with Gasteiger partial charge in [-0.1, -0.05) is 6.08 Å². The lowest BCUT2D eigenvalue weighted by Crippen LogP contribution is -2.54. The Morgan fingerprint density at radius 1 is 1.33 bits per heavy atom. The number of ketones is 1. The number of ether oxygens (including phenoxy) is 2. The molecular weight excluding hydrogens is 310 g/mol. The number of nitrogens with zero attached hydrogens (tertiary/aromatic N) is 1. The number of fused-ring (bicyclic) bond motifs is 8. The van der Waals surface area contributed by atoms with E-state index in [0.717, 1.165) is 30.2 Å². The summed E-state index contributed by atoms with van der Waals surface area (Å²) in [5, 5.41) is 21.0. The number of carbonyl (C=O) groups excluding carboxylic acids is 1. The molecule has 126 valence electrons. The monoisotopic (exact) mass is 329 g/mol. The Balaban J connectivity index is 1.60. The van der Waals surface area contributed by atoms with E-state index in [0.29, 0.717) is 0 Å². The molecule has 5 atom stereocenters. The zero-order valence-electron chi connectivity index (χ0n) is 13.4. The first-order chi connectivity index (χ1) is 11.5. The number of hydrogen-bond donors (Lipinski definition) is 2. The van der Waals surface area contributed by atoms with Crippen LogP contribution in [0.4, 0.5) is 0 Å². The van der Waals surface area contributed by atoms with Crippen LogP contribution < -0.4 is 9.47 Å². The molecule has 1 saturated heterocycles. The van der Waals surface area contributed by atoms with Gasteiger partial charge in [0.15, 0.2) is 22.9 Å². The van der Waals surface area contributed by atoms with Gasteiger partial charge in [-0.2, -0.15) is 0 Å². The number of aliphatic hydroxyl groups excluding tert-OH is 1. The maximum Gasteiger partial charge on any atom is 0.231 e. The summed E-state index contributed by atoms with van der Waals surface area (Å²) in [5.74, 6) is 1.32. The SMILES string of the molecule is CC(=O)[C@]1(O)C[C@H]2C(=C[C@@H]1O)[C@H]1CN2Cc2cc3c(cc21)OCO3. The van der Waals surface area contributed by atoms with E-state index in [2.05, 4.69) is 4.90 Å². The third kappa shape index (κ3) is 1.73. The highest BCUT2D eigenvalue weighted by Gasteiger charge is 2.53. The fourth-order valence-corrected chi connectivity index (χ4v) is 4.60. The van der Waals surface area contributed by atoms with Crippen LogP contribution in [0.3, 0.4) is 0 Å². The Bertz CT molecular complexity index is 788. The van der Waals surface area contributed by atoms with Gasteiger partial charge in [0.25, 0.3) is 0 Å². The van der Waals surface area contributed by atoms with Crippen LogP contribution in [0.25, 0.3) is 0 Å². The Labute approximate surface area is 139 Å². The Morgan fingerprint density at radius 2 is 2.08 bits per heavy atom. The summed E-state index contributed by atoms with van der Waals surface area (Å²) in [6.07, 6.45) is 0.783. The van der Waals surface area contributed by atoms with Gasteiger partial charge in [0.1, 0.15) is 6.10 Å². The van der Waals surface area contributed by atoms with Gasteiger partial charge in [0.05, 0.1) is 0 Å². The average Bonchev–Trinajstić information content (AvgIpc) is 3.10. The molecule has 4 aliphatic rings. The zero-order valence-corrected chi connectivity index (χ0v) is 13.4. The van der Waals surface area contributed by atoms with E-state index in [-0.39, 0.29) is 31.0 Å². The molecule has 0 spiro atoms. The van der Waals surface area contributed by atoms with Crippen molar-refractivity contribution in [2.75, 3.05) is 13.3 Å². The van der Waals surface area contributed by atoms with Gasteiger partial charge < -0.3 is 19.7 Å². The van der Waals surface area contributed by atoms with Crippen molar-refractivity contribution >= 4 is 5.78 Å².